The minimum absolute atomic E-state index is 0.194. The highest BCUT2D eigenvalue weighted by atomic mass is 35.5. The maximum Gasteiger partial charge on any atom is 0.492 e. The fourth-order valence-corrected chi connectivity index (χ4v) is 2.55. The van der Waals surface area contributed by atoms with Crippen LogP contribution in [0, 0.1) is 0 Å². The number of nitrogens with one attached hydrogen (secondary N) is 1. The van der Waals surface area contributed by atoms with Gasteiger partial charge < -0.3 is 19.4 Å². The molecule has 0 unspecified atom stereocenters. The standard InChI is InChI=1S/C19H28BClN2O4/c1-17(2,3)25-16(24)22-12-13(11-14-9-8-10-15(21)23-14)20-26-18(4,5)19(6,7)27-20/h8-11H,12H2,1-7H3,(H,22,24). The molecule has 1 N–H and O–H groups in total. The Hall–Kier alpha value is -1.57. The average molecular weight is 395 g/mol. The zero-order valence-electron chi connectivity index (χ0n) is 17.1. The van der Waals surface area contributed by atoms with Crippen molar-refractivity contribution in [1.82, 2.24) is 10.3 Å². The number of pyridine rings is 1. The Labute approximate surface area is 166 Å². The number of rotatable bonds is 4. The summed E-state index contributed by atoms with van der Waals surface area (Å²) >= 11 is 5.99. The molecule has 1 aliphatic rings. The molecule has 148 valence electrons. The van der Waals surface area contributed by atoms with Gasteiger partial charge in [0.25, 0.3) is 0 Å². The molecule has 1 aromatic rings. The van der Waals surface area contributed by atoms with Gasteiger partial charge in [-0.25, -0.2) is 9.78 Å². The lowest BCUT2D eigenvalue weighted by atomic mass is 9.77. The maximum absolute atomic E-state index is 12.1. The summed E-state index contributed by atoms with van der Waals surface area (Å²) in [5, 5.41) is 3.14. The lowest BCUT2D eigenvalue weighted by Crippen LogP contribution is -2.41. The molecule has 0 saturated carbocycles. The number of nitrogens with zero attached hydrogens (tertiary/aromatic N) is 1. The number of alkyl carbamates (subject to hydrolysis) is 1. The first-order valence-corrected chi connectivity index (χ1v) is 9.32. The number of ether oxygens (including phenoxy) is 1. The summed E-state index contributed by atoms with van der Waals surface area (Å²) in [5.74, 6) is 0. The maximum atomic E-state index is 12.1. The van der Waals surface area contributed by atoms with Crippen LogP contribution in [-0.2, 0) is 14.0 Å². The van der Waals surface area contributed by atoms with Crippen LogP contribution in [0.3, 0.4) is 0 Å². The molecule has 0 aliphatic carbocycles. The van der Waals surface area contributed by atoms with Gasteiger partial charge in [0.2, 0.25) is 0 Å². The van der Waals surface area contributed by atoms with Crippen molar-refractivity contribution < 1.29 is 18.8 Å². The van der Waals surface area contributed by atoms with Gasteiger partial charge in [-0.1, -0.05) is 17.7 Å². The van der Waals surface area contributed by atoms with E-state index in [1.54, 1.807) is 6.07 Å². The molecule has 2 heterocycles. The zero-order chi connectivity index (χ0) is 20.5. The van der Waals surface area contributed by atoms with E-state index in [9.17, 15) is 4.79 Å². The van der Waals surface area contributed by atoms with Crippen LogP contribution in [0.15, 0.2) is 23.7 Å². The topological polar surface area (TPSA) is 69.7 Å². The second-order valence-electron chi connectivity index (χ2n) is 8.55. The number of aromatic nitrogens is 1. The molecule has 0 bridgehead atoms. The number of carbonyl (C=O) groups excluding carboxylic acids is 1. The molecule has 0 radical (unpaired) electrons. The Morgan fingerprint density at radius 2 is 1.85 bits per heavy atom. The number of hydrogen-bond donors (Lipinski definition) is 1. The number of carbonyl (C=O) groups is 1. The predicted molar refractivity (Wildman–Crippen MR) is 108 cm³/mol. The van der Waals surface area contributed by atoms with Crippen molar-refractivity contribution in [1.29, 1.82) is 0 Å². The SMILES string of the molecule is CC(C)(C)OC(=O)NCC(=Cc1cccc(Cl)n1)B1OC(C)(C)C(C)(C)O1. The molecule has 0 atom stereocenters. The third-order valence-corrected chi connectivity index (χ3v) is 4.67. The van der Waals surface area contributed by atoms with Crippen molar-refractivity contribution in [3.63, 3.8) is 0 Å². The van der Waals surface area contributed by atoms with Crippen LogP contribution >= 0.6 is 11.6 Å². The second kappa shape index (κ2) is 7.82. The summed E-state index contributed by atoms with van der Waals surface area (Å²) in [4.78, 5) is 16.3. The van der Waals surface area contributed by atoms with E-state index in [2.05, 4.69) is 10.3 Å². The highest BCUT2D eigenvalue weighted by Gasteiger charge is 2.52. The molecule has 6 nitrogen and oxygen atoms in total. The molecular formula is C19H28BClN2O4. The molecule has 0 aromatic carbocycles. The number of amides is 1. The van der Waals surface area contributed by atoms with Crippen LogP contribution in [0.25, 0.3) is 6.08 Å². The highest BCUT2D eigenvalue weighted by molar-refractivity contribution is 6.56. The van der Waals surface area contributed by atoms with Crippen molar-refractivity contribution in [2.24, 2.45) is 0 Å². The first-order valence-electron chi connectivity index (χ1n) is 8.95. The fourth-order valence-electron chi connectivity index (χ4n) is 2.38. The van der Waals surface area contributed by atoms with Gasteiger partial charge in [-0.2, -0.15) is 0 Å². The van der Waals surface area contributed by atoms with Crippen molar-refractivity contribution in [2.75, 3.05) is 6.54 Å². The molecule has 27 heavy (non-hydrogen) atoms. The van der Waals surface area contributed by atoms with Crippen LogP contribution in [0.4, 0.5) is 4.79 Å². The van der Waals surface area contributed by atoms with Crippen LogP contribution < -0.4 is 5.32 Å². The minimum Gasteiger partial charge on any atom is -0.444 e. The summed E-state index contributed by atoms with van der Waals surface area (Å²) < 4.78 is 17.5. The smallest absolute Gasteiger partial charge is 0.444 e. The summed E-state index contributed by atoms with van der Waals surface area (Å²) in [6.07, 6.45) is 1.30. The summed E-state index contributed by atoms with van der Waals surface area (Å²) in [5.41, 5.74) is -0.200. The van der Waals surface area contributed by atoms with E-state index in [1.807, 2.05) is 66.7 Å². The van der Waals surface area contributed by atoms with Crippen LogP contribution in [0.5, 0.6) is 0 Å². The Balaban J connectivity index is 2.23. The van der Waals surface area contributed by atoms with Gasteiger partial charge in [0, 0.05) is 6.54 Å². The minimum atomic E-state index is -0.620. The van der Waals surface area contributed by atoms with Crippen molar-refractivity contribution >= 4 is 30.9 Å². The van der Waals surface area contributed by atoms with E-state index in [1.165, 1.54) is 0 Å². The van der Waals surface area contributed by atoms with E-state index in [0.29, 0.717) is 16.3 Å². The average Bonchev–Trinajstić information content (AvgIpc) is 2.70. The van der Waals surface area contributed by atoms with Crippen LogP contribution in [-0.4, -0.2) is 41.5 Å². The first-order chi connectivity index (χ1) is 12.3. The third kappa shape index (κ3) is 5.96. The fraction of sp³-hybridized carbons (Fsp3) is 0.579. The molecule has 8 heteroatoms. The monoisotopic (exact) mass is 394 g/mol. The van der Waals surface area contributed by atoms with Gasteiger partial charge in [0.1, 0.15) is 10.8 Å². The van der Waals surface area contributed by atoms with Crippen molar-refractivity contribution in [3.8, 4) is 0 Å². The lowest BCUT2D eigenvalue weighted by Gasteiger charge is -2.32. The van der Waals surface area contributed by atoms with E-state index < -0.39 is 30.0 Å². The molecular weight excluding hydrogens is 366 g/mol. The lowest BCUT2D eigenvalue weighted by molar-refractivity contribution is 0.00578. The molecule has 1 fully saturated rings. The largest absolute Gasteiger partial charge is 0.492 e. The molecule has 1 aromatic heterocycles. The Kier molecular flexibility index (Phi) is 6.29. The van der Waals surface area contributed by atoms with Crippen molar-refractivity contribution in [3.05, 3.63) is 34.5 Å². The molecule has 2 rings (SSSR count). The Morgan fingerprint density at radius 3 is 2.37 bits per heavy atom. The van der Waals surface area contributed by atoms with Gasteiger partial charge in [0.15, 0.2) is 0 Å². The molecule has 1 amide bonds. The predicted octanol–water partition coefficient (Wildman–Crippen LogP) is 4.27. The van der Waals surface area contributed by atoms with Gasteiger partial charge in [-0.3, -0.25) is 0 Å². The summed E-state index contributed by atoms with van der Waals surface area (Å²) in [7, 11) is -0.620. The Bertz CT molecular complexity index is 713. The van der Waals surface area contributed by atoms with Gasteiger partial charge in [-0.15, -0.1) is 0 Å². The zero-order valence-corrected chi connectivity index (χ0v) is 17.8. The van der Waals surface area contributed by atoms with E-state index in [4.69, 9.17) is 25.6 Å². The molecule has 0 spiro atoms. The number of hydrogen-bond acceptors (Lipinski definition) is 5. The quantitative estimate of drug-likeness (QED) is 0.610. The first kappa shape index (κ1) is 21.7. The van der Waals surface area contributed by atoms with Gasteiger partial charge in [0.05, 0.1) is 16.9 Å². The summed E-state index contributed by atoms with van der Waals surface area (Å²) in [6.45, 7) is 13.5. The highest BCUT2D eigenvalue weighted by Crippen LogP contribution is 2.38. The Morgan fingerprint density at radius 1 is 1.26 bits per heavy atom. The van der Waals surface area contributed by atoms with Crippen molar-refractivity contribution in [2.45, 2.75) is 65.3 Å². The third-order valence-electron chi connectivity index (χ3n) is 4.46. The molecule has 1 saturated heterocycles. The van der Waals surface area contributed by atoms with E-state index in [-0.39, 0.29) is 6.54 Å². The summed E-state index contributed by atoms with van der Waals surface area (Å²) in [6, 6.07) is 5.33. The molecule has 1 aliphatic heterocycles. The van der Waals surface area contributed by atoms with E-state index in [0.717, 1.165) is 0 Å². The number of halogens is 1. The second-order valence-corrected chi connectivity index (χ2v) is 8.94. The van der Waals surface area contributed by atoms with Gasteiger partial charge in [-0.05, 0) is 72.1 Å². The van der Waals surface area contributed by atoms with Gasteiger partial charge >= 0.3 is 13.2 Å². The normalized spacial score (nSPS) is 19.1. The van der Waals surface area contributed by atoms with Crippen LogP contribution in [0.2, 0.25) is 5.15 Å². The van der Waals surface area contributed by atoms with Crippen LogP contribution in [0.1, 0.15) is 54.2 Å². The van der Waals surface area contributed by atoms with E-state index >= 15 is 0 Å².